The molecule has 0 aromatic heterocycles. The molecule has 0 fully saturated rings. The van der Waals surface area contributed by atoms with Crippen LogP contribution in [0.4, 0.5) is 5.69 Å². The van der Waals surface area contributed by atoms with Crippen molar-refractivity contribution in [2.75, 3.05) is 26.3 Å². The molecule has 0 atom stereocenters. The minimum absolute atomic E-state index is 0.0295. The summed E-state index contributed by atoms with van der Waals surface area (Å²) in [5.41, 5.74) is -0.420. The second kappa shape index (κ2) is 9.72. The molecule has 2 aromatic rings. The van der Waals surface area contributed by atoms with Crippen molar-refractivity contribution in [1.29, 1.82) is 0 Å². The van der Waals surface area contributed by atoms with Crippen LogP contribution >= 0.6 is 11.6 Å². The van der Waals surface area contributed by atoms with Crippen LogP contribution in [0.1, 0.15) is 13.8 Å². The van der Waals surface area contributed by atoms with E-state index >= 15 is 0 Å². The second-order valence-electron chi connectivity index (χ2n) is 5.63. The molecule has 2 aromatic carbocycles. The van der Waals surface area contributed by atoms with Gasteiger partial charge in [-0.2, -0.15) is 4.31 Å². The highest BCUT2D eigenvalue weighted by molar-refractivity contribution is 7.89. The van der Waals surface area contributed by atoms with E-state index in [0.717, 1.165) is 6.07 Å². The van der Waals surface area contributed by atoms with Crippen LogP contribution in [0, 0.1) is 10.1 Å². The number of hydrogen-bond donors (Lipinski definition) is 0. The first-order valence-corrected chi connectivity index (χ1v) is 10.4. The maximum Gasteiger partial charge on any atom is 0.312 e. The first-order chi connectivity index (χ1) is 13.3. The van der Waals surface area contributed by atoms with Crippen LogP contribution in [-0.4, -0.2) is 43.9 Å². The maximum atomic E-state index is 12.6. The van der Waals surface area contributed by atoms with Crippen molar-refractivity contribution >= 4 is 27.3 Å². The fraction of sp³-hybridized carbons (Fsp3) is 0.333. The first kappa shape index (κ1) is 21.9. The van der Waals surface area contributed by atoms with Gasteiger partial charge >= 0.3 is 5.69 Å². The van der Waals surface area contributed by atoms with Gasteiger partial charge in [0.15, 0.2) is 5.75 Å². The van der Waals surface area contributed by atoms with E-state index in [1.165, 1.54) is 16.4 Å². The van der Waals surface area contributed by atoms with Crippen LogP contribution in [0.5, 0.6) is 11.5 Å². The van der Waals surface area contributed by atoms with Gasteiger partial charge in [-0.3, -0.25) is 10.1 Å². The second-order valence-corrected chi connectivity index (χ2v) is 8.00. The predicted octanol–water partition coefficient (Wildman–Crippen LogP) is 3.74. The minimum atomic E-state index is -3.80. The minimum Gasteiger partial charge on any atom is -0.490 e. The van der Waals surface area contributed by atoms with Crippen molar-refractivity contribution in [3.8, 4) is 11.5 Å². The van der Waals surface area contributed by atoms with Gasteiger partial charge in [-0.1, -0.05) is 31.5 Å². The molecule has 0 aliphatic rings. The zero-order valence-corrected chi connectivity index (χ0v) is 17.1. The van der Waals surface area contributed by atoms with Crippen LogP contribution in [0.3, 0.4) is 0 Å². The Morgan fingerprint density at radius 1 is 1.07 bits per heavy atom. The Balaban J connectivity index is 2.11. The Bertz CT molecular complexity index is 931. The molecular formula is C18H21ClN2O6S. The summed E-state index contributed by atoms with van der Waals surface area (Å²) < 4.78 is 37.2. The summed E-state index contributed by atoms with van der Waals surface area (Å²) in [4.78, 5) is 10.6. The largest absolute Gasteiger partial charge is 0.490 e. The van der Waals surface area contributed by atoms with Crippen LogP contribution in [0.15, 0.2) is 47.4 Å². The topological polar surface area (TPSA) is 99.0 Å². The molecule has 0 amide bonds. The van der Waals surface area contributed by atoms with Gasteiger partial charge in [0.25, 0.3) is 0 Å². The fourth-order valence-corrected chi connectivity index (χ4v) is 4.16. The quantitative estimate of drug-likeness (QED) is 0.324. The standard InChI is InChI=1S/C18H21ClN2O6S/c1-3-20(4-2)28(24,25)16-8-9-18(17(13-16)21(22)23)27-11-10-26-15-7-5-6-14(19)12-15/h5-9,12-13H,3-4,10-11H2,1-2H3. The molecule has 0 radical (unpaired) electrons. The summed E-state index contributed by atoms with van der Waals surface area (Å²) >= 11 is 5.87. The third-order valence-electron chi connectivity index (χ3n) is 3.88. The molecule has 0 spiro atoms. The molecule has 0 bridgehead atoms. The Morgan fingerprint density at radius 2 is 1.75 bits per heavy atom. The SMILES string of the molecule is CCN(CC)S(=O)(=O)c1ccc(OCCOc2cccc(Cl)c2)c([N+](=O)[O-])c1. The van der Waals surface area contributed by atoms with Crippen LogP contribution in [0.25, 0.3) is 0 Å². The summed E-state index contributed by atoms with van der Waals surface area (Å²) in [6, 6.07) is 10.4. The van der Waals surface area contributed by atoms with E-state index in [9.17, 15) is 18.5 Å². The summed E-state index contributed by atoms with van der Waals surface area (Å²) in [6.07, 6.45) is 0. The zero-order chi connectivity index (χ0) is 20.7. The van der Waals surface area contributed by atoms with Gasteiger partial charge in [-0.05, 0) is 30.3 Å². The van der Waals surface area contributed by atoms with E-state index in [-0.39, 0.29) is 36.9 Å². The molecule has 152 valence electrons. The molecule has 0 saturated carbocycles. The van der Waals surface area contributed by atoms with Gasteiger partial charge in [0.05, 0.1) is 9.82 Å². The smallest absolute Gasteiger partial charge is 0.312 e. The molecule has 0 N–H and O–H groups in total. The zero-order valence-electron chi connectivity index (χ0n) is 15.5. The van der Waals surface area contributed by atoms with E-state index in [1.807, 2.05) is 0 Å². The molecule has 0 aliphatic carbocycles. The van der Waals surface area contributed by atoms with E-state index in [2.05, 4.69) is 0 Å². The summed E-state index contributed by atoms with van der Waals surface area (Å²) in [5, 5.41) is 11.9. The summed E-state index contributed by atoms with van der Waals surface area (Å²) in [6.45, 7) is 4.11. The number of halogens is 1. The van der Waals surface area contributed by atoms with Gasteiger partial charge in [-0.15, -0.1) is 0 Å². The van der Waals surface area contributed by atoms with Crippen molar-refractivity contribution in [2.24, 2.45) is 0 Å². The van der Waals surface area contributed by atoms with Crippen molar-refractivity contribution in [2.45, 2.75) is 18.7 Å². The lowest BCUT2D eigenvalue weighted by Gasteiger charge is -2.18. The first-order valence-electron chi connectivity index (χ1n) is 8.59. The lowest BCUT2D eigenvalue weighted by molar-refractivity contribution is -0.386. The van der Waals surface area contributed by atoms with Crippen LogP contribution < -0.4 is 9.47 Å². The highest BCUT2D eigenvalue weighted by Crippen LogP contribution is 2.31. The molecule has 8 nitrogen and oxygen atoms in total. The Morgan fingerprint density at radius 3 is 2.36 bits per heavy atom. The van der Waals surface area contributed by atoms with E-state index in [4.69, 9.17) is 21.1 Å². The lowest BCUT2D eigenvalue weighted by Crippen LogP contribution is -2.30. The van der Waals surface area contributed by atoms with E-state index < -0.39 is 20.6 Å². The maximum absolute atomic E-state index is 12.6. The lowest BCUT2D eigenvalue weighted by atomic mass is 10.3. The number of nitrogens with zero attached hydrogens (tertiary/aromatic N) is 2. The number of ether oxygens (including phenoxy) is 2. The Labute approximate surface area is 168 Å². The Hall–Kier alpha value is -2.36. The normalized spacial score (nSPS) is 11.4. The summed E-state index contributed by atoms with van der Waals surface area (Å²) in [7, 11) is -3.80. The van der Waals surface area contributed by atoms with Gasteiger partial charge in [0.2, 0.25) is 10.0 Å². The number of nitro groups is 1. The van der Waals surface area contributed by atoms with Gasteiger partial charge in [-0.25, -0.2) is 8.42 Å². The molecule has 2 rings (SSSR count). The van der Waals surface area contributed by atoms with E-state index in [0.29, 0.717) is 10.8 Å². The fourth-order valence-electron chi connectivity index (χ4n) is 2.50. The Kier molecular flexibility index (Phi) is 7.61. The number of rotatable bonds is 10. The average Bonchev–Trinajstić information content (AvgIpc) is 2.66. The van der Waals surface area contributed by atoms with E-state index in [1.54, 1.807) is 38.1 Å². The van der Waals surface area contributed by atoms with Crippen LogP contribution in [0.2, 0.25) is 5.02 Å². The molecule has 0 unspecified atom stereocenters. The van der Waals surface area contributed by atoms with Gasteiger partial charge in [0.1, 0.15) is 19.0 Å². The molecule has 0 saturated heterocycles. The summed E-state index contributed by atoms with van der Waals surface area (Å²) in [5.74, 6) is 0.518. The molecule has 0 aliphatic heterocycles. The van der Waals surface area contributed by atoms with Gasteiger partial charge in [0, 0.05) is 24.2 Å². The molecule has 0 heterocycles. The molecule has 10 heteroatoms. The number of sulfonamides is 1. The van der Waals surface area contributed by atoms with Crippen molar-refractivity contribution in [3.05, 3.63) is 57.6 Å². The van der Waals surface area contributed by atoms with Crippen molar-refractivity contribution < 1.29 is 22.8 Å². The third kappa shape index (κ3) is 5.34. The molecule has 28 heavy (non-hydrogen) atoms. The monoisotopic (exact) mass is 428 g/mol. The highest BCUT2D eigenvalue weighted by Gasteiger charge is 2.26. The van der Waals surface area contributed by atoms with Crippen molar-refractivity contribution in [1.82, 2.24) is 4.31 Å². The third-order valence-corrected chi connectivity index (χ3v) is 6.16. The number of benzene rings is 2. The number of nitro benzene ring substituents is 1. The predicted molar refractivity (Wildman–Crippen MR) is 106 cm³/mol. The average molecular weight is 429 g/mol. The number of hydrogen-bond acceptors (Lipinski definition) is 6. The van der Waals surface area contributed by atoms with Crippen LogP contribution in [-0.2, 0) is 10.0 Å². The van der Waals surface area contributed by atoms with Crippen molar-refractivity contribution in [3.63, 3.8) is 0 Å². The highest BCUT2D eigenvalue weighted by atomic mass is 35.5. The molecular weight excluding hydrogens is 408 g/mol. The van der Waals surface area contributed by atoms with Gasteiger partial charge < -0.3 is 9.47 Å².